The highest BCUT2D eigenvalue weighted by Crippen LogP contribution is 2.37. The fourth-order valence-corrected chi connectivity index (χ4v) is 4.26. The molecule has 4 heteroatoms. The van der Waals surface area contributed by atoms with E-state index in [9.17, 15) is 4.79 Å². The molecule has 0 spiro atoms. The number of benzene rings is 1. The van der Waals surface area contributed by atoms with E-state index in [0.717, 1.165) is 40.9 Å². The van der Waals surface area contributed by atoms with Crippen molar-refractivity contribution in [3.8, 4) is 0 Å². The smallest absolute Gasteiger partial charge is 0.169 e. The molecule has 2 saturated carbocycles. The maximum atomic E-state index is 12.8. The second-order valence-electron chi connectivity index (χ2n) is 8.33. The summed E-state index contributed by atoms with van der Waals surface area (Å²) in [4.78, 5) is 19.6. The molecule has 2 aliphatic rings. The van der Waals surface area contributed by atoms with Crippen LogP contribution in [0, 0.1) is 11.8 Å². The van der Waals surface area contributed by atoms with Gasteiger partial charge in [0.25, 0.3) is 0 Å². The van der Waals surface area contributed by atoms with Crippen LogP contribution in [-0.4, -0.2) is 42.3 Å². The highest BCUT2D eigenvalue weighted by Gasteiger charge is 2.33. The summed E-state index contributed by atoms with van der Waals surface area (Å²) in [7, 11) is 4.31. The molecule has 0 atom stereocenters. The molecule has 4 rings (SSSR count). The zero-order chi connectivity index (χ0) is 18.1. The predicted molar refractivity (Wildman–Crippen MR) is 107 cm³/mol. The number of ketones is 1. The summed E-state index contributed by atoms with van der Waals surface area (Å²) in [6.45, 7) is 1.18. The van der Waals surface area contributed by atoms with Gasteiger partial charge in [-0.1, -0.05) is 18.2 Å². The number of nitrogens with zero attached hydrogens (tertiary/aromatic N) is 2. The van der Waals surface area contributed by atoms with E-state index in [1.807, 2.05) is 18.2 Å². The zero-order valence-corrected chi connectivity index (χ0v) is 15.9. The van der Waals surface area contributed by atoms with Gasteiger partial charge in [-0.3, -0.25) is 9.78 Å². The van der Waals surface area contributed by atoms with Gasteiger partial charge in [-0.25, -0.2) is 0 Å². The maximum absolute atomic E-state index is 12.8. The molecule has 1 aromatic carbocycles. The molecule has 1 aromatic heterocycles. The highest BCUT2D eigenvalue weighted by atomic mass is 16.1. The lowest BCUT2D eigenvalue weighted by molar-refractivity contribution is 0.0968. The third kappa shape index (κ3) is 3.75. The summed E-state index contributed by atoms with van der Waals surface area (Å²) in [5.41, 5.74) is 2.77. The quantitative estimate of drug-likeness (QED) is 0.786. The van der Waals surface area contributed by atoms with Gasteiger partial charge < -0.3 is 10.2 Å². The summed E-state index contributed by atoms with van der Waals surface area (Å²) in [5, 5.41) is 4.83. The molecule has 0 unspecified atom stereocenters. The number of hydrogen-bond acceptors (Lipinski definition) is 4. The van der Waals surface area contributed by atoms with Crippen molar-refractivity contribution in [2.75, 3.05) is 26.0 Å². The minimum atomic E-state index is 0.217. The fraction of sp³-hybridized carbons (Fsp3) is 0.545. The van der Waals surface area contributed by atoms with Crippen molar-refractivity contribution in [2.45, 2.75) is 44.6 Å². The lowest BCUT2D eigenvalue weighted by atomic mass is 9.85. The minimum Gasteiger partial charge on any atom is -0.381 e. The number of rotatable bonds is 6. The van der Waals surface area contributed by atoms with Gasteiger partial charge in [0.2, 0.25) is 0 Å². The summed E-state index contributed by atoms with van der Waals surface area (Å²) >= 11 is 0. The number of Topliss-reactive ketones (excluding diaryl/α,β-unsaturated/α-hetero) is 1. The molecular weight excluding hydrogens is 322 g/mol. The van der Waals surface area contributed by atoms with Gasteiger partial charge in [-0.15, -0.1) is 0 Å². The second kappa shape index (κ2) is 7.36. The Morgan fingerprint density at radius 1 is 1.12 bits per heavy atom. The first kappa shape index (κ1) is 17.5. The monoisotopic (exact) mass is 351 g/mol. The molecule has 2 fully saturated rings. The van der Waals surface area contributed by atoms with E-state index in [1.54, 1.807) is 6.20 Å². The third-order valence-electron chi connectivity index (χ3n) is 5.81. The normalized spacial score (nSPS) is 23.3. The number of pyridine rings is 1. The van der Waals surface area contributed by atoms with E-state index in [-0.39, 0.29) is 11.7 Å². The predicted octanol–water partition coefficient (Wildman–Crippen LogP) is 4.36. The Balaban J connectivity index is 1.57. The molecule has 0 bridgehead atoms. The first-order valence-corrected chi connectivity index (χ1v) is 9.95. The van der Waals surface area contributed by atoms with Crippen LogP contribution in [0.1, 0.15) is 48.9 Å². The Hall–Kier alpha value is -1.94. The topological polar surface area (TPSA) is 45.2 Å². The summed E-state index contributed by atoms with van der Waals surface area (Å²) in [6.07, 6.45) is 8.71. The Kier molecular flexibility index (Phi) is 4.94. The van der Waals surface area contributed by atoms with E-state index < -0.39 is 0 Å². The first-order valence-electron chi connectivity index (χ1n) is 9.95. The largest absolute Gasteiger partial charge is 0.381 e. The molecule has 26 heavy (non-hydrogen) atoms. The standard InChI is InChI=1S/C22H29N3O/c1-25(2)14-15-7-11-17(12-8-15)24-21-18-5-3-4-6-20(18)23-13-19(21)22(26)16-9-10-16/h3-6,13,15-17H,7-12,14H2,1-2H3,(H,23,24). The zero-order valence-electron chi connectivity index (χ0n) is 15.9. The Morgan fingerprint density at radius 3 is 2.54 bits per heavy atom. The molecule has 0 saturated heterocycles. The Morgan fingerprint density at radius 2 is 1.85 bits per heavy atom. The van der Waals surface area contributed by atoms with Crippen molar-refractivity contribution in [3.05, 3.63) is 36.0 Å². The van der Waals surface area contributed by atoms with Crippen molar-refractivity contribution in [2.24, 2.45) is 11.8 Å². The molecule has 1 heterocycles. The highest BCUT2D eigenvalue weighted by molar-refractivity contribution is 6.09. The number of para-hydroxylation sites is 1. The summed E-state index contributed by atoms with van der Waals surface area (Å²) < 4.78 is 0. The number of carbonyl (C=O) groups is 1. The van der Waals surface area contributed by atoms with Crippen molar-refractivity contribution < 1.29 is 4.79 Å². The third-order valence-corrected chi connectivity index (χ3v) is 5.81. The van der Waals surface area contributed by atoms with E-state index in [1.165, 1.54) is 32.2 Å². The van der Waals surface area contributed by atoms with Gasteiger partial charge in [-0.05, 0) is 64.6 Å². The minimum absolute atomic E-state index is 0.217. The van der Waals surface area contributed by atoms with Gasteiger partial charge in [0.15, 0.2) is 5.78 Å². The van der Waals surface area contributed by atoms with Crippen molar-refractivity contribution in [1.82, 2.24) is 9.88 Å². The van der Waals surface area contributed by atoms with Crippen LogP contribution < -0.4 is 5.32 Å². The van der Waals surface area contributed by atoms with E-state index in [0.29, 0.717) is 6.04 Å². The lowest BCUT2D eigenvalue weighted by Gasteiger charge is -2.32. The molecule has 1 N–H and O–H groups in total. The van der Waals surface area contributed by atoms with Crippen LogP contribution >= 0.6 is 0 Å². The number of aromatic nitrogens is 1. The van der Waals surface area contributed by atoms with E-state index >= 15 is 0 Å². The van der Waals surface area contributed by atoms with Gasteiger partial charge >= 0.3 is 0 Å². The SMILES string of the molecule is CN(C)CC1CCC(Nc2c(C(=O)C3CC3)cnc3ccccc23)CC1. The molecule has 0 aliphatic heterocycles. The van der Waals surface area contributed by atoms with E-state index in [4.69, 9.17) is 0 Å². The van der Waals surface area contributed by atoms with Gasteiger partial charge in [0.1, 0.15) is 0 Å². The van der Waals surface area contributed by atoms with Crippen LogP contribution in [0.25, 0.3) is 10.9 Å². The van der Waals surface area contributed by atoms with Crippen molar-refractivity contribution in [1.29, 1.82) is 0 Å². The van der Waals surface area contributed by atoms with Crippen LogP contribution in [0.3, 0.4) is 0 Å². The lowest BCUT2D eigenvalue weighted by Crippen LogP contribution is -2.31. The first-order chi connectivity index (χ1) is 12.6. The van der Waals surface area contributed by atoms with Crippen molar-refractivity contribution >= 4 is 22.4 Å². The number of carbonyl (C=O) groups excluding carboxylic acids is 1. The summed E-state index contributed by atoms with van der Waals surface area (Å²) in [5.74, 6) is 1.28. The van der Waals surface area contributed by atoms with Crippen LogP contribution in [0.5, 0.6) is 0 Å². The molecule has 2 aliphatic carbocycles. The average Bonchev–Trinajstić information content (AvgIpc) is 3.48. The van der Waals surface area contributed by atoms with E-state index in [2.05, 4.69) is 35.4 Å². The number of anilines is 1. The molecular formula is C22H29N3O. The van der Waals surface area contributed by atoms with Crippen LogP contribution in [0.4, 0.5) is 5.69 Å². The second-order valence-corrected chi connectivity index (χ2v) is 8.33. The van der Waals surface area contributed by atoms with Crippen LogP contribution in [0.2, 0.25) is 0 Å². The van der Waals surface area contributed by atoms with Gasteiger partial charge in [0.05, 0.1) is 16.8 Å². The number of nitrogens with one attached hydrogen (secondary N) is 1. The fourth-order valence-electron chi connectivity index (χ4n) is 4.26. The molecule has 4 nitrogen and oxygen atoms in total. The van der Waals surface area contributed by atoms with Crippen molar-refractivity contribution in [3.63, 3.8) is 0 Å². The van der Waals surface area contributed by atoms with Crippen LogP contribution in [0.15, 0.2) is 30.5 Å². The molecule has 0 amide bonds. The number of hydrogen-bond donors (Lipinski definition) is 1. The molecule has 0 radical (unpaired) electrons. The summed E-state index contributed by atoms with van der Waals surface area (Å²) in [6, 6.07) is 8.61. The van der Waals surface area contributed by atoms with Gasteiger partial charge in [-0.2, -0.15) is 0 Å². The van der Waals surface area contributed by atoms with Gasteiger partial charge in [0, 0.05) is 30.1 Å². The maximum Gasteiger partial charge on any atom is 0.169 e. The van der Waals surface area contributed by atoms with Crippen LogP contribution in [-0.2, 0) is 0 Å². The Bertz CT molecular complexity index is 789. The molecule has 2 aromatic rings. The molecule has 138 valence electrons. The average molecular weight is 351 g/mol. The number of fused-ring (bicyclic) bond motifs is 1. The Labute approximate surface area is 156 Å².